The molecule has 1 saturated heterocycles. The van der Waals surface area contributed by atoms with Crippen molar-refractivity contribution in [2.75, 3.05) is 6.61 Å². The lowest BCUT2D eigenvalue weighted by atomic mass is 10.2. The van der Waals surface area contributed by atoms with Crippen LogP contribution in [0.5, 0.6) is 0 Å². The molecular formula is C14H33N3O2Si. The molecule has 0 spiro atoms. The Bertz CT molecular complexity index is 280. The molecule has 20 heavy (non-hydrogen) atoms. The summed E-state index contributed by atoms with van der Waals surface area (Å²) < 4.78 is 4.55. The normalized spacial score (nSPS) is 19.6. The van der Waals surface area contributed by atoms with Crippen LogP contribution < -0.4 is 11.5 Å². The highest BCUT2D eigenvalue weighted by molar-refractivity contribution is 6.78. The highest BCUT2D eigenvalue weighted by Crippen LogP contribution is 2.36. The maximum absolute atomic E-state index is 9.98. The average Bonchev–Trinajstić information content (AvgIpc) is 2.30. The molecule has 5 N–H and O–H groups in total. The van der Waals surface area contributed by atoms with Crippen LogP contribution in [0.1, 0.15) is 46.5 Å². The number of guanidine groups is 1. The standard InChI is InChI=1S/C8H18Si.C5H10O2.CH5N3/c1-8-6-4-5-7-9(8,2)3;1-3-4-7-5(2)6;2-1(3)4/h8H,4-7H2,1-3H3;3-4H2,1-2H3;(H5,2,3,4). The van der Waals surface area contributed by atoms with E-state index in [9.17, 15) is 4.79 Å². The van der Waals surface area contributed by atoms with E-state index < -0.39 is 8.07 Å². The summed E-state index contributed by atoms with van der Waals surface area (Å²) in [6.07, 6.45) is 5.43. The second kappa shape index (κ2) is 11.8. The molecule has 0 aromatic rings. The van der Waals surface area contributed by atoms with Crippen LogP contribution in [-0.2, 0) is 9.53 Å². The number of ether oxygens (including phenoxy) is 1. The summed E-state index contributed by atoms with van der Waals surface area (Å²) in [5.74, 6) is -0.526. The lowest BCUT2D eigenvalue weighted by Gasteiger charge is -2.34. The van der Waals surface area contributed by atoms with E-state index in [1.807, 2.05) is 6.92 Å². The molecule has 1 fully saturated rings. The van der Waals surface area contributed by atoms with Gasteiger partial charge in [0.2, 0.25) is 0 Å². The molecule has 0 radical (unpaired) electrons. The van der Waals surface area contributed by atoms with Crippen molar-refractivity contribution in [2.45, 2.75) is 71.1 Å². The lowest BCUT2D eigenvalue weighted by Crippen LogP contribution is -2.33. The van der Waals surface area contributed by atoms with Gasteiger partial charge in [0.1, 0.15) is 0 Å². The minimum absolute atomic E-state index is 0.193. The van der Waals surface area contributed by atoms with E-state index in [1.165, 1.54) is 26.2 Å². The zero-order valence-corrected chi connectivity index (χ0v) is 14.8. The van der Waals surface area contributed by atoms with Gasteiger partial charge in [0.05, 0.1) is 14.7 Å². The molecule has 6 heteroatoms. The molecule has 1 rings (SSSR count). The Labute approximate surface area is 125 Å². The number of carbonyl (C=O) groups excluding carboxylic acids is 1. The van der Waals surface area contributed by atoms with Crippen molar-refractivity contribution in [3.05, 3.63) is 0 Å². The third-order valence-electron chi connectivity index (χ3n) is 3.55. The molecular weight excluding hydrogens is 270 g/mol. The topological polar surface area (TPSA) is 102 Å². The molecule has 0 bridgehead atoms. The summed E-state index contributed by atoms with van der Waals surface area (Å²) in [4.78, 5) is 9.98. The maximum atomic E-state index is 9.98. The predicted octanol–water partition coefficient (Wildman–Crippen LogP) is 3.07. The molecule has 0 aliphatic carbocycles. The fourth-order valence-electron chi connectivity index (χ4n) is 1.91. The second-order valence-electron chi connectivity index (χ2n) is 5.93. The first-order valence-electron chi connectivity index (χ1n) is 7.36. The van der Waals surface area contributed by atoms with Gasteiger partial charge in [-0.15, -0.1) is 0 Å². The highest BCUT2D eigenvalue weighted by Gasteiger charge is 2.30. The quantitative estimate of drug-likeness (QED) is 0.316. The molecule has 0 aromatic carbocycles. The van der Waals surface area contributed by atoms with E-state index in [4.69, 9.17) is 5.41 Å². The van der Waals surface area contributed by atoms with Gasteiger partial charge in [0.25, 0.3) is 0 Å². The summed E-state index contributed by atoms with van der Waals surface area (Å²) in [6.45, 7) is 11.5. The Morgan fingerprint density at radius 2 is 1.85 bits per heavy atom. The first kappa shape index (κ1) is 21.3. The van der Waals surface area contributed by atoms with E-state index in [2.05, 4.69) is 36.2 Å². The molecule has 1 aliphatic heterocycles. The van der Waals surface area contributed by atoms with Gasteiger partial charge in [0.15, 0.2) is 5.96 Å². The van der Waals surface area contributed by atoms with Gasteiger partial charge in [-0.25, -0.2) is 0 Å². The highest BCUT2D eigenvalue weighted by atomic mass is 28.3. The zero-order chi connectivity index (χ0) is 16.2. The fraction of sp³-hybridized carbons (Fsp3) is 0.857. The van der Waals surface area contributed by atoms with Crippen molar-refractivity contribution in [2.24, 2.45) is 11.5 Å². The van der Waals surface area contributed by atoms with Crippen LogP contribution in [0.2, 0.25) is 24.7 Å². The van der Waals surface area contributed by atoms with Crippen molar-refractivity contribution < 1.29 is 9.53 Å². The van der Waals surface area contributed by atoms with Gasteiger partial charge < -0.3 is 16.2 Å². The number of nitrogens with one attached hydrogen (secondary N) is 1. The number of hydrogen-bond donors (Lipinski definition) is 3. The first-order chi connectivity index (χ1) is 9.13. The zero-order valence-electron chi connectivity index (χ0n) is 13.8. The smallest absolute Gasteiger partial charge is 0.302 e. The van der Waals surface area contributed by atoms with Crippen molar-refractivity contribution >= 4 is 20.0 Å². The minimum atomic E-state index is -0.694. The summed E-state index contributed by atoms with van der Waals surface area (Å²) >= 11 is 0. The third kappa shape index (κ3) is 15.0. The lowest BCUT2D eigenvalue weighted by molar-refractivity contribution is -0.140. The first-order valence-corrected chi connectivity index (χ1v) is 10.6. The number of carbonyl (C=O) groups is 1. The van der Waals surface area contributed by atoms with Gasteiger partial charge in [-0.05, 0) is 12.0 Å². The van der Waals surface area contributed by atoms with Crippen molar-refractivity contribution in [1.82, 2.24) is 0 Å². The molecule has 0 aromatic heterocycles. The molecule has 0 saturated carbocycles. The molecule has 1 unspecified atom stereocenters. The van der Waals surface area contributed by atoms with E-state index in [1.54, 1.807) is 6.04 Å². The van der Waals surface area contributed by atoms with Gasteiger partial charge in [-0.2, -0.15) is 0 Å². The van der Waals surface area contributed by atoms with Crippen LogP contribution in [-0.4, -0.2) is 26.6 Å². The molecule has 0 amide bonds. The molecule has 1 atom stereocenters. The van der Waals surface area contributed by atoms with E-state index in [0.717, 1.165) is 12.0 Å². The third-order valence-corrected chi connectivity index (χ3v) is 8.15. The monoisotopic (exact) mass is 303 g/mol. The van der Waals surface area contributed by atoms with Crippen molar-refractivity contribution in [1.29, 1.82) is 5.41 Å². The fourth-order valence-corrected chi connectivity index (χ4v) is 4.55. The van der Waals surface area contributed by atoms with Gasteiger partial charge >= 0.3 is 5.97 Å². The second-order valence-corrected chi connectivity index (χ2v) is 11.4. The molecule has 1 aliphatic rings. The van der Waals surface area contributed by atoms with Gasteiger partial charge in [0, 0.05) is 6.92 Å². The van der Waals surface area contributed by atoms with E-state index in [-0.39, 0.29) is 11.9 Å². The van der Waals surface area contributed by atoms with Crippen molar-refractivity contribution in [3.63, 3.8) is 0 Å². The Hall–Kier alpha value is -1.04. The summed E-state index contributed by atoms with van der Waals surface area (Å²) in [5.41, 5.74) is 10.0. The van der Waals surface area contributed by atoms with Crippen LogP contribution in [0.4, 0.5) is 0 Å². The van der Waals surface area contributed by atoms with Crippen molar-refractivity contribution in [3.8, 4) is 0 Å². The SMILES string of the molecule is CC1CCCC[Si]1(C)C.CCCOC(C)=O.N=C(N)N. The van der Waals surface area contributed by atoms with Gasteiger partial charge in [-0.1, -0.05) is 52.2 Å². The Balaban J connectivity index is 0. The maximum Gasteiger partial charge on any atom is 0.302 e. The minimum Gasteiger partial charge on any atom is -0.466 e. The van der Waals surface area contributed by atoms with E-state index in [0.29, 0.717) is 6.61 Å². The predicted molar refractivity (Wildman–Crippen MR) is 88.6 cm³/mol. The molecule has 120 valence electrons. The number of nitrogens with two attached hydrogens (primary N) is 2. The summed E-state index contributed by atoms with van der Waals surface area (Å²) in [7, 11) is -0.694. The van der Waals surface area contributed by atoms with Crippen LogP contribution in [0.25, 0.3) is 0 Å². The number of esters is 1. The summed E-state index contributed by atoms with van der Waals surface area (Å²) in [6, 6.07) is 1.58. The van der Waals surface area contributed by atoms with Crippen LogP contribution >= 0.6 is 0 Å². The Kier molecular flexibility index (Phi) is 12.5. The average molecular weight is 304 g/mol. The Morgan fingerprint density at radius 1 is 1.35 bits per heavy atom. The molecule has 1 heterocycles. The van der Waals surface area contributed by atoms with Crippen LogP contribution in [0, 0.1) is 5.41 Å². The van der Waals surface area contributed by atoms with Crippen LogP contribution in [0.15, 0.2) is 0 Å². The number of hydrogen-bond acceptors (Lipinski definition) is 3. The summed E-state index contributed by atoms with van der Waals surface area (Å²) in [5, 5.41) is 6.06. The largest absolute Gasteiger partial charge is 0.466 e. The van der Waals surface area contributed by atoms with E-state index >= 15 is 0 Å². The van der Waals surface area contributed by atoms with Crippen LogP contribution in [0.3, 0.4) is 0 Å². The molecule has 5 nitrogen and oxygen atoms in total. The Morgan fingerprint density at radius 3 is 2.05 bits per heavy atom. The number of rotatable bonds is 2. The van der Waals surface area contributed by atoms with Gasteiger partial charge in [-0.3, -0.25) is 10.2 Å².